The van der Waals surface area contributed by atoms with Crippen LogP contribution in [0.3, 0.4) is 0 Å². The normalized spacial score (nSPS) is 11.5. The first-order valence-electron chi connectivity index (χ1n) is 4.89. The Kier molecular flexibility index (Phi) is 3.74. The van der Waals surface area contributed by atoms with Gasteiger partial charge in [-0.1, -0.05) is 12.1 Å². The van der Waals surface area contributed by atoms with Gasteiger partial charge in [0.25, 0.3) is 0 Å². The van der Waals surface area contributed by atoms with Crippen molar-refractivity contribution < 1.29 is 8.42 Å². The topological polar surface area (TPSA) is 99.3 Å². The maximum atomic E-state index is 11.7. The molecule has 0 radical (unpaired) electrons. The Morgan fingerprint density at radius 2 is 2.00 bits per heavy atom. The van der Waals surface area contributed by atoms with E-state index in [1.165, 1.54) is 14.1 Å². The zero-order valence-corrected chi connectivity index (χ0v) is 10.8. The molecule has 0 unspecified atom stereocenters. The molecule has 0 bridgehead atoms. The fourth-order valence-corrected chi connectivity index (χ4v) is 1.81. The van der Waals surface area contributed by atoms with Crippen LogP contribution in [0.2, 0.25) is 0 Å². The Morgan fingerprint density at radius 3 is 2.47 bits per heavy atom. The zero-order valence-electron chi connectivity index (χ0n) is 9.98. The highest BCUT2D eigenvalue weighted by Crippen LogP contribution is 2.18. The van der Waals surface area contributed by atoms with E-state index in [2.05, 4.69) is 4.72 Å². The van der Waals surface area contributed by atoms with Crippen LogP contribution in [0, 0.1) is 12.3 Å². The van der Waals surface area contributed by atoms with Gasteiger partial charge in [-0.25, -0.2) is 0 Å². The summed E-state index contributed by atoms with van der Waals surface area (Å²) in [7, 11) is -0.670. The van der Waals surface area contributed by atoms with E-state index in [0.29, 0.717) is 11.3 Å². The molecule has 94 valence electrons. The molecule has 0 spiro atoms. The highest BCUT2D eigenvalue weighted by atomic mass is 32.2. The molecule has 0 amide bonds. The van der Waals surface area contributed by atoms with E-state index in [1.807, 2.05) is 0 Å². The number of amidine groups is 1. The first-order chi connectivity index (χ1) is 7.74. The number of aryl methyl sites for hydroxylation is 1. The fourth-order valence-electron chi connectivity index (χ4n) is 1.13. The molecular weight excluding hydrogens is 240 g/mol. The third kappa shape index (κ3) is 3.18. The van der Waals surface area contributed by atoms with Crippen LogP contribution in [0.4, 0.5) is 5.69 Å². The predicted molar refractivity (Wildman–Crippen MR) is 68.4 cm³/mol. The van der Waals surface area contributed by atoms with Crippen LogP contribution in [-0.4, -0.2) is 32.7 Å². The number of hydrogen-bond donors (Lipinski definition) is 3. The van der Waals surface area contributed by atoms with Gasteiger partial charge in [0, 0.05) is 19.7 Å². The molecule has 7 heteroatoms. The van der Waals surface area contributed by atoms with Crippen molar-refractivity contribution in [3.8, 4) is 0 Å². The van der Waals surface area contributed by atoms with Crippen molar-refractivity contribution in [1.82, 2.24) is 4.31 Å². The maximum absolute atomic E-state index is 11.7. The number of nitrogens with one attached hydrogen (secondary N) is 2. The molecule has 0 saturated heterocycles. The van der Waals surface area contributed by atoms with Crippen molar-refractivity contribution in [3.63, 3.8) is 0 Å². The van der Waals surface area contributed by atoms with Gasteiger partial charge in [-0.2, -0.15) is 12.7 Å². The van der Waals surface area contributed by atoms with Crippen LogP contribution in [0.15, 0.2) is 18.2 Å². The second-order valence-corrected chi connectivity index (χ2v) is 5.72. The van der Waals surface area contributed by atoms with Gasteiger partial charge >= 0.3 is 10.2 Å². The molecular formula is C10H16N4O2S. The molecule has 1 aromatic rings. The van der Waals surface area contributed by atoms with E-state index in [9.17, 15) is 8.42 Å². The molecule has 0 aliphatic rings. The van der Waals surface area contributed by atoms with Crippen molar-refractivity contribution >= 4 is 21.7 Å². The number of anilines is 1. The van der Waals surface area contributed by atoms with Gasteiger partial charge < -0.3 is 5.73 Å². The molecule has 0 fully saturated rings. The molecule has 0 aliphatic carbocycles. The van der Waals surface area contributed by atoms with Gasteiger partial charge in [-0.15, -0.1) is 0 Å². The van der Waals surface area contributed by atoms with Crippen molar-refractivity contribution in [2.24, 2.45) is 5.73 Å². The molecule has 6 nitrogen and oxygen atoms in total. The van der Waals surface area contributed by atoms with Gasteiger partial charge in [0.1, 0.15) is 5.84 Å². The van der Waals surface area contributed by atoms with Crippen molar-refractivity contribution in [1.29, 1.82) is 5.41 Å². The largest absolute Gasteiger partial charge is 0.384 e. The smallest absolute Gasteiger partial charge is 0.301 e. The van der Waals surface area contributed by atoms with E-state index < -0.39 is 10.2 Å². The first-order valence-corrected chi connectivity index (χ1v) is 6.33. The van der Waals surface area contributed by atoms with Gasteiger partial charge in [-0.05, 0) is 18.6 Å². The predicted octanol–water partition coefficient (Wildman–Crippen LogP) is 0.497. The van der Waals surface area contributed by atoms with E-state index in [4.69, 9.17) is 11.1 Å². The first kappa shape index (κ1) is 13.5. The van der Waals surface area contributed by atoms with Gasteiger partial charge in [-0.3, -0.25) is 10.1 Å². The van der Waals surface area contributed by atoms with Crippen molar-refractivity contribution in [2.75, 3.05) is 18.8 Å². The summed E-state index contributed by atoms with van der Waals surface area (Å²) in [6.07, 6.45) is 0. The van der Waals surface area contributed by atoms with Crippen LogP contribution in [0.5, 0.6) is 0 Å². The number of nitrogens with zero attached hydrogens (tertiary/aromatic N) is 1. The summed E-state index contributed by atoms with van der Waals surface area (Å²) >= 11 is 0. The van der Waals surface area contributed by atoms with Crippen LogP contribution >= 0.6 is 0 Å². The molecule has 0 aromatic heterocycles. The number of rotatable bonds is 4. The highest BCUT2D eigenvalue weighted by Gasteiger charge is 2.14. The summed E-state index contributed by atoms with van der Waals surface area (Å²) in [4.78, 5) is 0. The van der Waals surface area contributed by atoms with Gasteiger partial charge in [0.2, 0.25) is 0 Å². The highest BCUT2D eigenvalue weighted by molar-refractivity contribution is 7.90. The van der Waals surface area contributed by atoms with Crippen LogP contribution in [0.25, 0.3) is 0 Å². The Hall–Kier alpha value is -1.60. The van der Waals surface area contributed by atoms with E-state index in [1.54, 1.807) is 25.1 Å². The quantitative estimate of drug-likeness (QED) is 0.540. The lowest BCUT2D eigenvalue weighted by Gasteiger charge is -2.15. The lowest BCUT2D eigenvalue weighted by molar-refractivity contribution is 0.527. The van der Waals surface area contributed by atoms with E-state index in [0.717, 1.165) is 9.87 Å². The molecule has 0 saturated carbocycles. The minimum atomic E-state index is -3.54. The van der Waals surface area contributed by atoms with Crippen molar-refractivity contribution in [2.45, 2.75) is 6.92 Å². The van der Waals surface area contributed by atoms with Crippen LogP contribution in [-0.2, 0) is 10.2 Å². The molecule has 4 N–H and O–H groups in total. The number of nitrogen functional groups attached to an aromatic ring is 1. The van der Waals surface area contributed by atoms with Crippen LogP contribution in [0.1, 0.15) is 11.1 Å². The Balaban J connectivity index is 3.15. The lowest BCUT2D eigenvalue weighted by Crippen LogP contribution is -2.29. The van der Waals surface area contributed by atoms with Crippen LogP contribution < -0.4 is 10.5 Å². The minimum absolute atomic E-state index is 0.102. The summed E-state index contributed by atoms with van der Waals surface area (Å²) in [5, 5.41) is 7.31. The third-order valence-corrected chi connectivity index (χ3v) is 3.71. The Labute approximate surface area is 101 Å². The average Bonchev–Trinajstić information content (AvgIpc) is 2.20. The summed E-state index contributed by atoms with van der Waals surface area (Å²) in [5.41, 5.74) is 7.02. The summed E-state index contributed by atoms with van der Waals surface area (Å²) in [6.45, 7) is 1.78. The Morgan fingerprint density at radius 1 is 1.41 bits per heavy atom. The SMILES string of the molecule is Cc1ccc(C(=N)N)cc1NS(=O)(=O)N(C)C. The average molecular weight is 256 g/mol. The lowest BCUT2D eigenvalue weighted by atomic mass is 10.1. The third-order valence-electron chi connectivity index (χ3n) is 2.27. The molecule has 0 aliphatic heterocycles. The standard InChI is InChI=1S/C10H16N4O2S/c1-7-4-5-8(10(11)12)6-9(7)13-17(15,16)14(2)3/h4-6,13H,1-3H3,(H3,11,12). The second-order valence-electron chi connectivity index (χ2n) is 3.83. The molecule has 0 heterocycles. The van der Waals surface area contributed by atoms with E-state index >= 15 is 0 Å². The monoisotopic (exact) mass is 256 g/mol. The van der Waals surface area contributed by atoms with Gasteiger partial charge in [0.05, 0.1) is 5.69 Å². The minimum Gasteiger partial charge on any atom is -0.384 e. The number of hydrogen-bond acceptors (Lipinski definition) is 3. The molecule has 1 aromatic carbocycles. The number of nitrogens with two attached hydrogens (primary N) is 1. The number of benzene rings is 1. The maximum Gasteiger partial charge on any atom is 0.301 e. The Bertz CT molecular complexity index is 537. The fraction of sp³-hybridized carbons (Fsp3) is 0.300. The summed E-state index contributed by atoms with van der Waals surface area (Å²) < 4.78 is 26.8. The molecule has 1 rings (SSSR count). The second kappa shape index (κ2) is 4.72. The van der Waals surface area contributed by atoms with E-state index in [-0.39, 0.29) is 5.84 Å². The molecule has 0 atom stereocenters. The summed E-state index contributed by atoms with van der Waals surface area (Å²) in [5.74, 6) is -0.102. The summed E-state index contributed by atoms with van der Waals surface area (Å²) in [6, 6.07) is 4.92. The van der Waals surface area contributed by atoms with Gasteiger partial charge in [0.15, 0.2) is 0 Å². The molecule has 17 heavy (non-hydrogen) atoms. The zero-order chi connectivity index (χ0) is 13.2. The van der Waals surface area contributed by atoms with Crippen molar-refractivity contribution in [3.05, 3.63) is 29.3 Å².